The second-order valence-corrected chi connectivity index (χ2v) is 5.87. The number of morpholine rings is 1. The van der Waals surface area contributed by atoms with Crippen molar-refractivity contribution in [2.24, 2.45) is 0 Å². The zero-order valence-corrected chi connectivity index (χ0v) is 10.9. The Bertz CT molecular complexity index is 224. The van der Waals surface area contributed by atoms with Crippen molar-refractivity contribution in [3.63, 3.8) is 0 Å². The molecular formula is C13H25NO2. The molecule has 2 saturated heterocycles. The van der Waals surface area contributed by atoms with Crippen molar-refractivity contribution < 1.29 is 9.47 Å². The van der Waals surface area contributed by atoms with Crippen LogP contribution in [-0.4, -0.2) is 49.0 Å². The summed E-state index contributed by atoms with van der Waals surface area (Å²) in [6.45, 7) is 10.6. The van der Waals surface area contributed by atoms with Crippen molar-refractivity contribution in [2.45, 2.75) is 57.8 Å². The van der Waals surface area contributed by atoms with E-state index in [0.717, 1.165) is 26.2 Å². The molecule has 2 fully saturated rings. The van der Waals surface area contributed by atoms with E-state index >= 15 is 0 Å². The second kappa shape index (κ2) is 5.03. The highest BCUT2D eigenvalue weighted by atomic mass is 16.5. The molecule has 16 heavy (non-hydrogen) atoms. The van der Waals surface area contributed by atoms with Gasteiger partial charge in [0.25, 0.3) is 0 Å². The monoisotopic (exact) mass is 227 g/mol. The van der Waals surface area contributed by atoms with Crippen molar-refractivity contribution >= 4 is 0 Å². The maximum absolute atomic E-state index is 5.91. The van der Waals surface area contributed by atoms with Crippen LogP contribution in [0.3, 0.4) is 0 Å². The summed E-state index contributed by atoms with van der Waals surface area (Å²) in [4.78, 5) is 2.50. The van der Waals surface area contributed by atoms with Gasteiger partial charge in [0.15, 0.2) is 0 Å². The van der Waals surface area contributed by atoms with E-state index in [2.05, 4.69) is 25.7 Å². The first-order valence-electron chi connectivity index (χ1n) is 6.57. The SMILES string of the molecule is CC1CN(CC2CCCCO2)CC(C)(C)O1. The lowest BCUT2D eigenvalue weighted by Gasteiger charge is -2.43. The summed E-state index contributed by atoms with van der Waals surface area (Å²) < 4.78 is 11.7. The predicted molar refractivity (Wildman–Crippen MR) is 64.7 cm³/mol. The van der Waals surface area contributed by atoms with Gasteiger partial charge in [-0.05, 0) is 40.0 Å². The number of hydrogen-bond acceptors (Lipinski definition) is 3. The van der Waals surface area contributed by atoms with E-state index in [1.165, 1.54) is 19.3 Å². The molecular weight excluding hydrogens is 202 g/mol. The predicted octanol–water partition coefficient (Wildman–Crippen LogP) is 2.05. The van der Waals surface area contributed by atoms with Crippen LogP contribution in [0.4, 0.5) is 0 Å². The third-order valence-electron chi connectivity index (χ3n) is 3.38. The highest BCUT2D eigenvalue weighted by Gasteiger charge is 2.32. The van der Waals surface area contributed by atoms with E-state index in [1.54, 1.807) is 0 Å². The van der Waals surface area contributed by atoms with Crippen LogP contribution in [0.15, 0.2) is 0 Å². The fraction of sp³-hybridized carbons (Fsp3) is 1.00. The first kappa shape index (κ1) is 12.3. The average molecular weight is 227 g/mol. The minimum atomic E-state index is -0.00761. The average Bonchev–Trinajstić information content (AvgIpc) is 2.15. The first-order chi connectivity index (χ1) is 7.55. The fourth-order valence-electron chi connectivity index (χ4n) is 2.96. The van der Waals surface area contributed by atoms with Gasteiger partial charge in [0.1, 0.15) is 0 Å². The second-order valence-electron chi connectivity index (χ2n) is 5.87. The molecule has 0 aliphatic carbocycles. The minimum Gasteiger partial charge on any atom is -0.377 e. The molecule has 94 valence electrons. The van der Waals surface area contributed by atoms with Crippen molar-refractivity contribution in [1.82, 2.24) is 4.90 Å². The maximum Gasteiger partial charge on any atom is 0.0757 e. The Kier molecular flexibility index (Phi) is 3.88. The van der Waals surface area contributed by atoms with Gasteiger partial charge in [0.2, 0.25) is 0 Å². The largest absolute Gasteiger partial charge is 0.377 e. The standard InChI is InChI=1S/C13H25NO2/c1-11-8-14(10-13(2,3)16-11)9-12-6-4-5-7-15-12/h11-12H,4-10H2,1-3H3. The summed E-state index contributed by atoms with van der Waals surface area (Å²) in [6, 6.07) is 0. The van der Waals surface area contributed by atoms with Crippen molar-refractivity contribution in [1.29, 1.82) is 0 Å². The molecule has 0 radical (unpaired) electrons. The summed E-state index contributed by atoms with van der Waals surface area (Å²) in [6.07, 6.45) is 4.59. The Morgan fingerprint density at radius 2 is 2.12 bits per heavy atom. The summed E-state index contributed by atoms with van der Waals surface area (Å²) in [5, 5.41) is 0. The van der Waals surface area contributed by atoms with Gasteiger partial charge in [-0.1, -0.05) is 0 Å². The van der Waals surface area contributed by atoms with Gasteiger partial charge < -0.3 is 9.47 Å². The Balaban J connectivity index is 1.84. The highest BCUT2D eigenvalue weighted by molar-refractivity contribution is 4.84. The quantitative estimate of drug-likeness (QED) is 0.720. The fourth-order valence-corrected chi connectivity index (χ4v) is 2.96. The minimum absolute atomic E-state index is 0.00761. The van der Waals surface area contributed by atoms with Crippen LogP contribution in [0.2, 0.25) is 0 Å². The molecule has 0 spiro atoms. The Morgan fingerprint density at radius 3 is 2.75 bits per heavy atom. The molecule has 3 nitrogen and oxygen atoms in total. The molecule has 0 aromatic carbocycles. The third kappa shape index (κ3) is 3.44. The molecule has 0 saturated carbocycles. The molecule has 2 rings (SSSR count). The summed E-state index contributed by atoms with van der Waals surface area (Å²) >= 11 is 0. The Morgan fingerprint density at radius 1 is 1.31 bits per heavy atom. The molecule has 0 amide bonds. The zero-order chi connectivity index (χ0) is 11.6. The van der Waals surface area contributed by atoms with Crippen LogP contribution in [-0.2, 0) is 9.47 Å². The van der Waals surface area contributed by atoms with Crippen LogP contribution < -0.4 is 0 Å². The smallest absolute Gasteiger partial charge is 0.0757 e. The lowest BCUT2D eigenvalue weighted by atomic mass is 10.0. The van der Waals surface area contributed by atoms with Crippen molar-refractivity contribution in [2.75, 3.05) is 26.2 Å². The van der Waals surface area contributed by atoms with E-state index < -0.39 is 0 Å². The Labute approximate surface area is 99.1 Å². The van der Waals surface area contributed by atoms with Crippen LogP contribution in [0, 0.1) is 0 Å². The molecule has 2 aliphatic heterocycles. The summed E-state index contributed by atoms with van der Waals surface area (Å²) in [5.41, 5.74) is -0.00761. The van der Waals surface area contributed by atoms with Gasteiger partial charge in [-0.25, -0.2) is 0 Å². The molecule has 0 aromatic heterocycles. The molecule has 2 atom stereocenters. The summed E-state index contributed by atoms with van der Waals surface area (Å²) in [7, 11) is 0. The van der Waals surface area contributed by atoms with Crippen LogP contribution >= 0.6 is 0 Å². The van der Waals surface area contributed by atoms with Gasteiger partial charge in [-0.3, -0.25) is 4.90 Å². The first-order valence-corrected chi connectivity index (χ1v) is 6.57. The van der Waals surface area contributed by atoms with Crippen molar-refractivity contribution in [3.8, 4) is 0 Å². The van der Waals surface area contributed by atoms with Gasteiger partial charge in [0.05, 0.1) is 17.8 Å². The van der Waals surface area contributed by atoms with E-state index in [-0.39, 0.29) is 5.60 Å². The van der Waals surface area contributed by atoms with Crippen LogP contribution in [0.25, 0.3) is 0 Å². The van der Waals surface area contributed by atoms with Crippen LogP contribution in [0.5, 0.6) is 0 Å². The van der Waals surface area contributed by atoms with E-state index in [1.807, 2.05) is 0 Å². The molecule has 0 bridgehead atoms. The molecule has 0 N–H and O–H groups in total. The zero-order valence-electron chi connectivity index (χ0n) is 10.9. The van der Waals surface area contributed by atoms with E-state index in [9.17, 15) is 0 Å². The van der Waals surface area contributed by atoms with Gasteiger partial charge in [0, 0.05) is 26.2 Å². The van der Waals surface area contributed by atoms with Gasteiger partial charge in [-0.15, -0.1) is 0 Å². The third-order valence-corrected chi connectivity index (χ3v) is 3.38. The van der Waals surface area contributed by atoms with Gasteiger partial charge >= 0.3 is 0 Å². The lowest BCUT2D eigenvalue weighted by Crippen LogP contribution is -2.53. The number of hydrogen-bond donors (Lipinski definition) is 0. The molecule has 3 heteroatoms. The lowest BCUT2D eigenvalue weighted by molar-refractivity contribution is -0.138. The van der Waals surface area contributed by atoms with E-state index in [0.29, 0.717) is 12.2 Å². The van der Waals surface area contributed by atoms with E-state index in [4.69, 9.17) is 9.47 Å². The topological polar surface area (TPSA) is 21.7 Å². The number of ether oxygens (including phenoxy) is 2. The van der Waals surface area contributed by atoms with Crippen molar-refractivity contribution in [3.05, 3.63) is 0 Å². The normalized spacial score (nSPS) is 36.2. The maximum atomic E-state index is 5.91. The van der Waals surface area contributed by atoms with Gasteiger partial charge in [-0.2, -0.15) is 0 Å². The number of rotatable bonds is 2. The number of nitrogens with zero attached hydrogens (tertiary/aromatic N) is 1. The molecule has 2 heterocycles. The summed E-state index contributed by atoms with van der Waals surface area (Å²) in [5.74, 6) is 0. The highest BCUT2D eigenvalue weighted by Crippen LogP contribution is 2.22. The Hall–Kier alpha value is -0.120. The molecule has 2 unspecified atom stereocenters. The molecule has 2 aliphatic rings. The van der Waals surface area contributed by atoms with Crippen LogP contribution in [0.1, 0.15) is 40.0 Å². The molecule has 0 aromatic rings.